The Morgan fingerprint density at radius 2 is 1.86 bits per heavy atom. The van der Waals surface area contributed by atoms with E-state index in [9.17, 15) is 0 Å². The molecule has 1 aliphatic heterocycles. The minimum absolute atomic E-state index is 0. The van der Waals surface area contributed by atoms with E-state index in [1.54, 1.807) is 0 Å². The van der Waals surface area contributed by atoms with Crippen LogP contribution in [0.1, 0.15) is 32.1 Å². The van der Waals surface area contributed by atoms with Crippen LogP contribution in [0.4, 0.5) is 0 Å². The van der Waals surface area contributed by atoms with Gasteiger partial charge in [0.05, 0.1) is 0 Å². The molecule has 0 aromatic rings. The summed E-state index contributed by atoms with van der Waals surface area (Å²) < 4.78 is 0. The summed E-state index contributed by atoms with van der Waals surface area (Å²) in [7, 11) is 4.07. The Kier molecular flexibility index (Phi) is 21.2. The van der Waals surface area contributed by atoms with Crippen LogP contribution in [0, 0.1) is 14.9 Å². The number of rotatable bonds is 5. The van der Waals surface area contributed by atoms with Crippen LogP contribution in [0.2, 0.25) is 0 Å². The van der Waals surface area contributed by atoms with Crippen molar-refractivity contribution in [1.82, 2.24) is 0 Å². The minimum Gasteiger partial charge on any atom is -0.396 e. The molecule has 1 nitrogen and oxygen atoms in total. The molecule has 0 radical (unpaired) electrons. The molecule has 1 saturated heterocycles. The van der Waals surface area contributed by atoms with Gasteiger partial charge in [-0.2, -0.15) is 0 Å². The standard InChI is InChI=1S/C8H16OS2.2CH3.W/c9-6-3-1-2-4-8-5-7-10-11-8;;;/h8-9H,1-7H2;2*1H3;/q;2*-1;+2. The summed E-state index contributed by atoms with van der Waals surface area (Å²) in [6, 6.07) is 0. The normalized spacial score (nSPS) is 19.1. The van der Waals surface area contributed by atoms with E-state index in [-0.39, 0.29) is 35.9 Å². The second-order valence-electron chi connectivity index (χ2n) is 2.90. The molecule has 1 aliphatic rings. The number of aliphatic hydroxyl groups is 1. The molecular formula is C10H22OS2W. The molecule has 0 saturated carbocycles. The Morgan fingerprint density at radius 3 is 2.36 bits per heavy atom. The topological polar surface area (TPSA) is 20.2 Å². The zero-order valence-corrected chi connectivity index (χ0v) is 13.8. The van der Waals surface area contributed by atoms with Crippen molar-refractivity contribution in [1.29, 1.82) is 0 Å². The minimum atomic E-state index is 0. The largest absolute Gasteiger partial charge is 2.00 e. The van der Waals surface area contributed by atoms with Gasteiger partial charge in [-0.1, -0.05) is 34.4 Å². The van der Waals surface area contributed by atoms with E-state index < -0.39 is 0 Å². The molecule has 1 unspecified atom stereocenters. The summed E-state index contributed by atoms with van der Waals surface area (Å²) in [5.41, 5.74) is 0. The van der Waals surface area contributed by atoms with Crippen LogP contribution in [-0.4, -0.2) is 22.7 Å². The van der Waals surface area contributed by atoms with Crippen molar-refractivity contribution >= 4 is 21.6 Å². The van der Waals surface area contributed by atoms with Crippen LogP contribution >= 0.6 is 21.6 Å². The molecule has 1 N–H and O–H groups in total. The Labute approximate surface area is 112 Å². The van der Waals surface area contributed by atoms with Crippen LogP contribution in [-0.2, 0) is 21.1 Å². The van der Waals surface area contributed by atoms with Crippen molar-refractivity contribution in [3.05, 3.63) is 14.9 Å². The van der Waals surface area contributed by atoms with Crippen molar-refractivity contribution in [2.24, 2.45) is 0 Å². The summed E-state index contributed by atoms with van der Waals surface area (Å²) in [6.07, 6.45) is 6.26. The summed E-state index contributed by atoms with van der Waals surface area (Å²) in [5.74, 6) is 1.34. The van der Waals surface area contributed by atoms with Gasteiger partial charge in [-0.3, -0.25) is 0 Å². The first-order chi connectivity index (χ1) is 5.43. The number of hydrogen-bond acceptors (Lipinski definition) is 3. The maximum Gasteiger partial charge on any atom is 2.00 e. The van der Waals surface area contributed by atoms with Crippen LogP contribution in [0.5, 0.6) is 0 Å². The van der Waals surface area contributed by atoms with Gasteiger partial charge in [-0.25, -0.2) is 0 Å². The second-order valence-corrected chi connectivity index (χ2v) is 5.69. The molecule has 14 heavy (non-hydrogen) atoms. The molecule has 1 heterocycles. The Bertz CT molecular complexity index is 98.1. The SMILES string of the molecule is OCCCCCC1CCSS1.[CH3-].[CH3-].[W+2]. The van der Waals surface area contributed by atoms with Gasteiger partial charge in [0.25, 0.3) is 0 Å². The molecule has 0 spiro atoms. The Morgan fingerprint density at radius 1 is 1.14 bits per heavy atom. The maximum atomic E-state index is 8.55. The molecule has 0 bridgehead atoms. The maximum absolute atomic E-state index is 8.55. The zero-order valence-electron chi connectivity index (χ0n) is 9.20. The molecule has 86 valence electrons. The smallest absolute Gasteiger partial charge is 0.396 e. The summed E-state index contributed by atoms with van der Waals surface area (Å²) >= 11 is 0. The second kappa shape index (κ2) is 14.3. The predicted molar refractivity (Wildman–Crippen MR) is 66.8 cm³/mol. The van der Waals surface area contributed by atoms with Gasteiger partial charge >= 0.3 is 21.1 Å². The first kappa shape index (κ1) is 20.7. The van der Waals surface area contributed by atoms with E-state index in [0.29, 0.717) is 6.61 Å². The van der Waals surface area contributed by atoms with E-state index in [4.69, 9.17) is 5.11 Å². The van der Waals surface area contributed by atoms with Crippen LogP contribution < -0.4 is 0 Å². The van der Waals surface area contributed by atoms with E-state index in [1.165, 1.54) is 31.4 Å². The number of aliphatic hydroxyl groups excluding tert-OH is 1. The first-order valence-corrected chi connectivity index (χ1v) is 6.71. The first-order valence-electron chi connectivity index (χ1n) is 4.32. The summed E-state index contributed by atoms with van der Waals surface area (Å²) in [4.78, 5) is 0. The van der Waals surface area contributed by atoms with Gasteiger partial charge in [-0.05, 0) is 19.3 Å². The molecule has 1 rings (SSSR count). The molecule has 0 aliphatic carbocycles. The Balaban J connectivity index is -0.000000403. The molecule has 0 amide bonds. The van der Waals surface area contributed by atoms with Crippen molar-refractivity contribution < 1.29 is 26.2 Å². The van der Waals surface area contributed by atoms with Gasteiger partial charge in [0.2, 0.25) is 0 Å². The molecule has 4 heteroatoms. The van der Waals surface area contributed by atoms with Crippen molar-refractivity contribution in [2.45, 2.75) is 37.4 Å². The summed E-state index contributed by atoms with van der Waals surface area (Å²) in [6.45, 7) is 0.368. The van der Waals surface area contributed by atoms with E-state index in [2.05, 4.69) is 10.8 Å². The molecule has 1 atom stereocenters. The fourth-order valence-corrected chi connectivity index (χ4v) is 4.25. The fraction of sp³-hybridized carbons (Fsp3) is 0.800. The molecule has 0 aromatic carbocycles. The van der Waals surface area contributed by atoms with Crippen molar-refractivity contribution in [3.63, 3.8) is 0 Å². The van der Waals surface area contributed by atoms with Crippen LogP contribution in [0.25, 0.3) is 0 Å². The summed E-state index contributed by atoms with van der Waals surface area (Å²) in [5, 5.41) is 9.46. The van der Waals surface area contributed by atoms with E-state index in [0.717, 1.165) is 11.7 Å². The zero-order chi connectivity index (χ0) is 7.94. The van der Waals surface area contributed by atoms with E-state index >= 15 is 0 Å². The third kappa shape index (κ3) is 9.89. The van der Waals surface area contributed by atoms with Crippen molar-refractivity contribution in [3.8, 4) is 0 Å². The van der Waals surface area contributed by atoms with Gasteiger partial charge in [0, 0.05) is 17.6 Å². The average Bonchev–Trinajstić information content (AvgIpc) is 2.50. The van der Waals surface area contributed by atoms with Gasteiger partial charge < -0.3 is 20.0 Å². The van der Waals surface area contributed by atoms with Crippen molar-refractivity contribution in [2.75, 3.05) is 12.4 Å². The monoisotopic (exact) mass is 406 g/mol. The Hall–Kier alpha value is 1.35. The van der Waals surface area contributed by atoms with Gasteiger partial charge in [0.15, 0.2) is 0 Å². The van der Waals surface area contributed by atoms with Crippen LogP contribution in [0.15, 0.2) is 0 Å². The molecular weight excluding hydrogens is 384 g/mol. The predicted octanol–water partition coefficient (Wildman–Crippen LogP) is 3.59. The fourth-order valence-electron chi connectivity index (χ4n) is 1.23. The third-order valence-electron chi connectivity index (χ3n) is 1.91. The number of unbranched alkanes of at least 4 members (excludes halogenated alkanes) is 2. The number of hydrogen-bond donors (Lipinski definition) is 1. The van der Waals surface area contributed by atoms with Crippen LogP contribution in [0.3, 0.4) is 0 Å². The average molecular weight is 406 g/mol. The van der Waals surface area contributed by atoms with E-state index in [1.807, 2.05) is 10.8 Å². The quantitative estimate of drug-likeness (QED) is 0.428. The molecule has 1 fully saturated rings. The third-order valence-corrected chi connectivity index (χ3v) is 4.92. The molecule has 0 aromatic heterocycles. The van der Waals surface area contributed by atoms with Gasteiger partial charge in [-0.15, -0.1) is 0 Å². The van der Waals surface area contributed by atoms with Gasteiger partial charge in [0.1, 0.15) is 0 Å².